The summed E-state index contributed by atoms with van der Waals surface area (Å²) in [6.45, 7) is 0.332. The van der Waals surface area contributed by atoms with Gasteiger partial charge in [-0.15, -0.1) is 0 Å². The van der Waals surface area contributed by atoms with Gasteiger partial charge >= 0.3 is 0 Å². The molecular formula is C19H19ClFNO4S. The van der Waals surface area contributed by atoms with Gasteiger partial charge in [0.2, 0.25) is 10.0 Å². The van der Waals surface area contributed by atoms with Gasteiger partial charge in [0.1, 0.15) is 16.5 Å². The number of halogens is 2. The molecule has 0 saturated carbocycles. The minimum Gasteiger partial charge on any atom is -0.496 e. The fourth-order valence-electron chi connectivity index (χ4n) is 3.27. The Balaban J connectivity index is 1.86. The molecule has 144 valence electrons. The van der Waals surface area contributed by atoms with Gasteiger partial charge in [0.25, 0.3) is 0 Å². The van der Waals surface area contributed by atoms with E-state index in [4.69, 9.17) is 16.3 Å². The maximum atomic E-state index is 13.3. The number of ketones is 1. The predicted octanol–water partition coefficient (Wildman–Crippen LogP) is 3.77. The van der Waals surface area contributed by atoms with Gasteiger partial charge in [-0.05, 0) is 43.2 Å². The molecule has 1 aliphatic heterocycles. The van der Waals surface area contributed by atoms with Crippen molar-refractivity contribution in [3.05, 3.63) is 58.9 Å². The third kappa shape index (κ3) is 4.00. The third-order valence-electron chi connectivity index (χ3n) is 4.64. The van der Waals surface area contributed by atoms with Crippen LogP contribution in [0.2, 0.25) is 5.02 Å². The summed E-state index contributed by atoms with van der Waals surface area (Å²) in [5, 5.41) is -0.173. The van der Waals surface area contributed by atoms with Gasteiger partial charge in [-0.25, -0.2) is 12.8 Å². The maximum Gasteiger partial charge on any atom is 0.244 e. The normalized spacial score (nSPS) is 18.3. The monoisotopic (exact) mass is 411 g/mol. The highest BCUT2D eigenvalue weighted by Crippen LogP contribution is 2.31. The van der Waals surface area contributed by atoms with E-state index in [9.17, 15) is 17.6 Å². The average molecular weight is 412 g/mol. The summed E-state index contributed by atoms with van der Waals surface area (Å²) >= 11 is 5.94. The average Bonchev–Trinajstić information content (AvgIpc) is 2.67. The van der Waals surface area contributed by atoms with Gasteiger partial charge in [0.15, 0.2) is 5.78 Å². The fraction of sp³-hybridized carbons (Fsp3) is 0.316. The van der Waals surface area contributed by atoms with Crippen molar-refractivity contribution in [2.75, 3.05) is 20.2 Å². The molecule has 2 aromatic carbocycles. The predicted molar refractivity (Wildman–Crippen MR) is 100 cm³/mol. The fourth-order valence-corrected chi connectivity index (χ4v) is 5.30. The molecule has 0 aliphatic carbocycles. The molecule has 1 fully saturated rings. The van der Waals surface area contributed by atoms with E-state index in [1.807, 2.05) is 0 Å². The second kappa shape index (κ2) is 7.96. The molecule has 0 radical (unpaired) electrons. The van der Waals surface area contributed by atoms with E-state index in [-0.39, 0.29) is 28.8 Å². The summed E-state index contributed by atoms with van der Waals surface area (Å²) in [7, 11) is -2.44. The Bertz CT molecular complexity index is 964. The van der Waals surface area contributed by atoms with Crippen LogP contribution in [0.5, 0.6) is 5.75 Å². The number of carbonyl (C=O) groups excluding carboxylic acids is 1. The van der Waals surface area contributed by atoms with E-state index in [1.165, 1.54) is 11.4 Å². The zero-order valence-corrected chi connectivity index (χ0v) is 16.3. The highest BCUT2D eigenvalue weighted by atomic mass is 35.5. The van der Waals surface area contributed by atoms with Crippen LogP contribution >= 0.6 is 11.6 Å². The van der Waals surface area contributed by atoms with Gasteiger partial charge < -0.3 is 4.74 Å². The second-order valence-corrected chi connectivity index (χ2v) is 8.66. The first-order valence-corrected chi connectivity index (χ1v) is 10.3. The molecule has 5 nitrogen and oxygen atoms in total. The molecule has 8 heteroatoms. The van der Waals surface area contributed by atoms with E-state index in [0.29, 0.717) is 24.2 Å². The number of carbonyl (C=O) groups is 1. The first kappa shape index (κ1) is 19.8. The van der Waals surface area contributed by atoms with Crippen molar-refractivity contribution in [1.82, 2.24) is 4.31 Å². The number of piperidine rings is 1. The molecule has 0 amide bonds. The number of methoxy groups -OCH3 is 1. The van der Waals surface area contributed by atoms with Crippen LogP contribution in [0.15, 0.2) is 47.4 Å². The van der Waals surface area contributed by atoms with E-state index in [2.05, 4.69) is 0 Å². The molecule has 0 N–H and O–H groups in total. The Labute approximate surface area is 162 Å². The lowest BCUT2D eigenvalue weighted by molar-refractivity contribution is 0.0869. The van der Waals surface area contributed by atoms with Gasteiger partial charge in [0, 0.05) is 19.0 Å². The molecule has 1 saturated heterocycles. The summed E-state index contributed by atoms with van der Waals surface area (Å²) in [5.74, 6) is -0.785. The lowest BCUT2D eigenvalue weighted by Crippen LogP contribution is -2.42. The summed E-state index contributed by atoms with van der Waals surface area (Å²) in [6.07, 6.45) is 1.13. The van der Waals surface area contributed by atoms with Crippen LogP contribution in [-0.2, 0) is 10.0 Å². The third-order valence-corrected chi connectivity index (χ3v) is 6.99. The van der Waals surface area contributed by atoms with Crippen molar-refractivity contribution in [2.24, 2.45) is 5.92 Å². The molecule has 3 rings (SSSR count). The number of ether oxygens (including phenoxy) is 1. The molecular weight excluding hydrogens is 393 g/mol. The number of nitrogens with zero attached hydrogens (tertiary/aromatic N) is 1. The van der Waals surface area contributed by atoms with E-state index < -0.39 is 21.8 Å². The van der Waals surface area contributed by atoms with Crippen LogP contribution in [-0.4, -0.2) is 38.7 Å². The molecule has 0 unspecified atom stereocenters. The lowest BCUT2D eigenvalue weighted by atomic mass is 9.90. The Morgan fingerprint density at radius 3 is 2.70 bits per heavy atom. The summed E-state index contributed by atoms with van der Waals surface area (Å²) < 4.78 is 45.6. The van der Waals surface area contributed by atoms with Gasteiger partial charge in [0.05, 0.1) is 17.7 Å². The van der Waals surface area contributed by atoms with Crippen LogP contribution < -0.4 is 4.74 Å². The summed E-state index contributed by atoms with van der Waals surface area (Å²) in [5.41, 5.74) is 0.434. The highest BCUT2D eigenvalue weighted by molar-refractivity contribution is 7.89. The number of Topliss-reactive ketones (excluding diaryl/α,β-unsaturated/α-hetero) is 1. The topological polar surface area (TPSA) is 63.7 Å². The number of benzene rings is 2. The quantitative estimate of drug-likeness (QED) is 0.702. The van der Waals surface area contributed by atoms with Gasteiger partial charge in [-0.2, -0.15) is 4.31 Å². The molecule has 0 aromatic heterocycles. The van der Waals surface area contributed by atoms with Crippen molar-refractivity contribution in [3.63, 3.8) is 0 Å². The molecule has 0 bridgehead atoms. The SMILES string of the molecule is COc1ccccc1C(=O)[C@H]1CCCN(S(=O)(=O)c2ccc(F)cc2Cl)C1. The van der Waals surface area contributed by atoms with Gasteiger partial charge in [-0.3, -0.25) is 4.79 Å². The lowest BCUT2D eigenvalue weighted by Gasteiger charge is -2.31. The van der Waals surface area contributed by atoms with E-state index in [1.54, 1.807) is 24.3 Å². The van der Waals surface area contributed by atoms with Crippen LogP contribution in [0.4, 0.5) is 4.39 Å². The van der Waals surface area contributed by atoms with Crippen LogP contribution in [0.25, 0.3) is 0 Å². The van der Waals surface area contributed by atoms with Crippen molar-refractivity contribution in [3.8, 4) is 5.75 Å². The number of hydrogen-bond donors (Lipinski definition) is 0. The van der Waals surface area contributed by atoms with E-state index in [0.717, 1.165) is 18.2 Å². The minimum absolute atomic E-state index is 0.0485. The zero-order chi connectivity index (χ0) is 19.6. The number of hydrogen-bond acceptors (Lipinski definition) is 4. The second-order valence-electron chi connectivity index (χ2n) is 6.34. The van der Waals surface area contributed by atoms with Crippen molar-refractivity contribution < 1.29 is 22.3 Å². The molecule has 2 aromatic rings. The Morgan fingerprint density at radius 1 is 1.26 bits per heavy atom. The first-order valence-electron chi connectivity index (χ1n) is 8.47. The smallest absolute Gasteiger partial charge is 0.244 e. The first-order chi connectivity index (χ1) is 12.8. The Kier molecular flexibility index (Phi) is 5.83. The standard InChI is InChI=1S/C19H19ClFNO4S/c1-26-17-7-3-2-6-15(17)19(23)13-5-4-10-22(12-13)27(24,25)18-9-8-14(21)11-16(18)20/h2-3,6-9,11,13H,4-5,10,12H2,1H3/t13-/m0/s1. The minimum atomic E-state index is -3.92. The zero-order valence-electron chi connectivity index (χ0n) is 14.7. The van der Waals surface area contributed by atoms with Crippen LogP contribution in [0.1, 0.15) is 23.2 Å². The molecule has 27 heavy (non-hydrogen) atoms. The maximum absolute atomic E-state index is 13.3. The number of rotatable bonds is 5. The molecule has 1 aliphatic rings. The van der Waals surface area contributed by atoms with Crippen molar-refractivity contribution in [1.29, 1.82) is 0 Å². The number of para-hydroxylation sites is 1. The van der Waals surface area contributed by atoms with E-state index >= 15 is 0 Å². The van der Waals surface area contributed by atoms with Crippen molar-refractivity contribution in [2.45, 2.75) is 17.7 Å². The van der Waals surface area contributed by atoms with Crippen LogP contribution in [0, 0.1) is 11.7 Å². The summed E-state index contributed by atoms with van der Waals surface area (Å²) in [4.78, 5) is 12.8. The van der Waals surface area contributed by atoms with Crippen LogP contribution in [0.3, 0.4) is 0 Å². The Hall–Kier alpha value is -1.96. The Morgan fingerprint density at radius 2 is 2.00 bits per heavy atom. The largest absolute Gasteiger partial charge is 0.496 e. The molecule has 1 atom stereocenters. The molecule has 1 heterocycles. The van der Waals surface area contributed by atoms with Crippen molar-refractivity contribution >= 4 is 27.4 Å². The molecule has 0 spiro atoms. The highest BCUT2D eigenvalue weighted by Gasteiger charge is 2.35. The van der Waals surface area contributed by atoms with Gasteiger partial charge in [-0.1, -0.05) is 23.7 Å². The number of sulfonamides is 1. The summed E-state index contributed by atoms with van der Waals surface area (Å²) in [6, 6.07) is 10.1.